The van der Waals surface area contributed by atoms with E-state index in [4.69, 9.17) is 16.3 Å². The molecule has 0 fully saturated rings. The van der Waals surface area contributed by atoms with Gasteiger partial charge in [-0.2, -0.15) is 0 Å². The second-order valence-corrected chi connectivity index (χ2v) is 6.83. The third kappa shape index (κ3) is 5.45. The summed E-state index contributed by atoms with van der Waals surface area (Å²) in [5.74, 6) is 0.357. The highest BCUT2D eigenvalue weighted by atomic mass is 35.5. The number of carbonyl (C=O) groups excluding carboxylic acids is 2. The first-order chi connectivity index (χ1) is 13.5. The molecule has 0 spiro atoms. The molecule has 0 bridgehead atoms. The SMILES string of the molecule is CCOc1ccc(NC(=O)c2csc(NC(=O)Nc3cccc(Cl)c3)n2)cc1. The predicted octanol–water partition coefficient (Wildman–Crippen LogP) is 5.09. The van der Waals surface area contributed by atoms with Gasteiger partial charge in [-0.15, -0.1) is 11.3 Å². The van der Waals surface area contributed by atoms with E-state index in [-0.39, 0.29) is 11.6 Å². The minimum Gasteiger partial charge on any atom is -0.494 e. The molecule has 1 heterocycles. The molecule has 144 valence electrons. The van der Waals surface area contributed by atoms with Crippen LogP contribution in [0.5, 0.6) is 5.75 Å². The van der Waals surface area contributed by atoms with Crippen molar-refractivity contribution in [3.8, 4) is 5.75 Å². The summed E-state index contributed by atoms with van der Waals surface area (Å²) >= 11 is 7.03. The van der Waals surface area contributed by atoms with Crippen LogP contribution in [0.4, 0.5) is 21.3 Å². The Kier molecular flexibility index (Phi) is 6.46. The van der Waals surface area contributed by atoms with Crippen LogP contribution in [0.15, 0.2) is 53.9 Å². The first-order valence-electron chi connectivity index (χ1n) is 8.37. The summed E-state index contributed by atoms with van der Waals surface area (Å²) in [7, 11) is 0. The molecule has 3 N–H and O–H groups in total. The van der Waals surface area contributed by atoms with E-state index in [0.717, 1.165) is 17.1 Å². The van der Waals surface area contributed by atoms with Crippen LogP contribution in [0.25, 0.3) is 0 Å². The van der Waals surface area contributed by atoms with Gasteiger partial charge < -0.3 is 15.4 Å². The summed E-state index contributed by atoms with van der Waals surface area (Å²) in [6.45, 7) is 2.48. The number of ether oxygens (including phenoxy) is 1. The number of aromatic nitrogens is 1. The molecular formula is C19H17ClN4O3S. The van der Waals surface area contributed by atoms with E-state index in [1.54, 1.807) is 53.9 Å². The Hall–Kier alpha value is -3.10. The highest BCUT2D eigenvalue weighted by Crippen LogP contribution is 2.20. The molecule has 28 heavy (non-hydrogen) atoms. The summed E-state index contributed by atoms with van der Waals surface area (Å²) in [6, 6.07) is 13.3. The maximum Gasteiger partial charge on any atom is 0.325 e. The van der Waals surface area contributed by atoms with Crippen molar-refractivity contribution < 1.29 is 14.3 Å². The van der Waals surface area contributed by atoms with E-state index < -0.39 is 6.03 Å². The summed E-state index contributed by atoms with van der Waals surface area (Å²) in [5, 5.41) is 10.4. The van der Waals surface area contributed by atoms with Crippen molar-refractivity contribution in [1.82, 2.24) is 4.98 Å². The molecule has 3 amide bonds. The van der Waals surface area contributed by atoms with Crippen LogP contribution < -0.4 is 20.7 Å². The van der Waals surface area contributed by atoms with Gasteiger partial charge in [0.25, 0.3) is 5.91 Å². The van der Waals surface area contributed by atoms with E-state index in [2.05, 4.69) is 20.9 Å². The molecule has 0 saturated carbocycles. The zero-order valence-corrected chi connectivity index (χ0v) is 16.4. The molecular weight excluding hydrogens is 400 g/mol. The number of hydrogen-bond donors (Lipinski definition) is 3. The van der Waals surface area contributed by atoms with Crippen LogP contribution in [0, 0.1) is 0 Å². The number of hydrogen-bond acceptors (Lipinski definition) is 5. The standard InChI is InChI=1S/C19H17ClN4O3S/c1-2-27-15-8-6-13(7-9-15)21-17(25)16-11-28-19(23-16)24-18(26)22-14-5-3-4-12(20)10-14/h3-11H,2H2,1H3,(H,21,25)(H2,22,23,24,26). The maximum absolute atomic E-state index is 12.3. The lowest BCUT2D eigenvalue weighted by Crippen LogP contribution is -2.19. The highest BCUT2D eigenvalue weighted by molar-refractivity contribution is 7.14. The van der Waals surface area contributed by atoms with Crippen molar-refractivity contribution in [2.45, 2.75) is 6.92 Å². The fourth-order valence-corrected chi connectivity index (χ4v) is 3.13. The molecule has 0 aliphatic rings. The van der Waals surface area contributed by atoms with Crippen molar-refractivity contribution in [2.75, 3.05) is 22.6 Å². The monoisotopic (exact) mass is 416 g/mol. The summed E-state index contributed by atoms with van der Waals surface area (Å²) in [4.78, 5) is 28.5. The molecule has 3 rings (SSSR count). The van der Waals surface area contributed by atoms with Gasteiger partial charge in [0.05, 0.1) is 6.61 Å². The minimum absolute atomic E-state index is 0.206. The average molecular weight is 417 g/mol. The van der Waals surface area contributed by atoms with Crippen molar-refractivity contribution in [3.63, 3.8) is 0 Å². The van der Waals surface area contributed by atoms with Gasteiger partial charge in [-0.3, -0.25) is 10.1 Å². The van der Waals surface area contributed by atoms with Crippen molar-refractivity contribution >= 4 is 51.4 Å². The lowest BCUT2D eigenvalue weighted by Gasteiger charge is -2.06. The largest absolute Gasteiger partial charge is 0.494 e. The van der Waals surface area contributed by atoms with Crippen molar-refractivity contribution in [3.05, 3.63) is 64.6 Å². The summed E-state index contributed by atoms with van der Waals surface area (Å²) in [5.41, 5.74) is 1.38. The van der Waals surface area contributed by atoms with Gasteiger partial charge in [0.1, 0.15) is 11.4 Å². The van der Waals surface area contributed by atoms with Gasteiger partial charge >= 0.3 is 6.03 Å². The zero-order valence-electron chi connectivity index (χ0n) is 14.9. The van der Waals surface area contributed by atoms with Gasteiger partial charge in [-0.1, -0.05) is 17.7 Å². The number of halogens is 1. The molecule has 7 nitrogen and oxygen atoms in total. The highest BCUT2D eigenvalue weighted by Gasteiger charge is 2.13. The average Bonchev–Trinajstić information content (AvgIpc) is 3.12. The number of amides is 3. The molecule has 0 atom stereocenters. The molecule has 0 aliphatic carbocycles. The molecule has 9 heteroatoms. The Bertz CT molecular complexity index is 975. The third-order valence-corrected chi connectivity index (χ3v) is 4.46. The maximum atomic E-state index is 12.3. The number of thiazole rings is 1. The van der Waals surface area contributed by atoms with E-state index >= 15 is 0 Å². The fraction of sp³-hybridized carbons (Fsp3) is 0.105. The van der Waals surface area contributed by atoms with E-state index in [1.165, 1.54) is 0 Å². The predicted molar refractivity (Wildman–Crippen MR) is 112 cm³/mol. The van der Waals surface area contributed by atoms with Crippen LogP contribution in [-0.2, 0) is 0 Å². The lowest BCUT2D eigenvalue weighted by atomic mass is 10.3. The second kappa shape index (κ2) is 9.20. The lowest BCUT2D eigenvalue weighted by molar-refractivity contribution is 0.102. The normalized spacial score (nSPS) is 10.2. The number of benzene rings is 2. The molecule has 0 radical (unpaired) electrons. The zero-order chi connectivity index (χ0) is 19.9. The van der Waals surface area contributed by atoms with Crippen LogP contribution in [0.2, 0.25) is 5.02 Å². The number of nitrogens with zero attached hydrogens (tertiary/aromatic N) is 1. The van der Waals surface area contributed by atoms with Crippen LogP contribution in [0.1, 0.15) is 17.4 Å². The third-order valence-electron chi connectivity index (χ3n) is 3.46. The van der Waals surface area contributed by atoms with Gasteiger partial charge in [0.2, 0.25) is 0 Å². The number of rotatable bonds is 6. The topological polar surface area (TPSA) is 92.4 Å². The van der Waals surface area contributed by atoms with E-state index in [0.29, 0.717) is 28.1 Å². The first kappa shape index (κ1) is 19.7. The Labute approximate surface area is 170 Å². The van der Waals surface area contributed by atoms with Gasteiger partial charge in [0, 0.05) is 21.8 Å². The van der Waals surface area contributed by atoms with Crippen LogP contribution in [0.3, 0.4) is 0 Å². The Morgan fingerprint density at radius 1 is 1.07 bits per heavy atom. The fourth-order valence-electron chi connectivity index (χ4n) is 2.26. The second-order valence-electron chi connectivity index (χ2n) is 5.54. The summed E-state index contributed by atoms with van der Waals surface area (Å²) < 4.78 is 5.36. The first-order valence-corrected chi connectivity index (χ1v) is 9.62. The number of nitrogens with one attached hydrogen (secondary N) is 3. The number of anilines is 3. The number of carbonyl (C=O) groups is 2. The molecule has 2 aromatic carbocycles. The molecule has 0 unspecified atom stereocenters. The number of urea groups is 1. The molecule has 3 aromatic rings. The molecule has 0 aliphatic heterocycles. The van der Waals surface area contributed by atoms with E-state index in [9.17, 15) is 9.59 Å². The minimum atomic E-state index is -0.477. The Morgan fingerprint density at radius 2 is 1.86 bits per heavy atom. The molecule has 0 saturated heterocycles. The van der Waals surface area contributed by atoms with Crippen molar-refractivity contribution in [2.24, 2.45) is 0 Å². The van der Waals surface area contributed by atoms with Gasteiger partial charge in [-0.25, -0.2) is 9.78 Å². The molecule has 1 aromatic heterocycles. The Balaban J connectivity index is 1.56. The van der Waals surface area contributed by atoms with Crippen LogP contribution in [-0.4, -0.2) is 23.5 Å². The van der Waals surface area contributed by atoms with Crippen molar-refractivity contribution in [1.29, 1.82) is 0 Å². The quantitative estimate of drug-likeness (QED) is 0.521. The van der Waals surface area contributed by atoms with E-state index in [1.807, 2.05) is 6.92 Å². The summed E-state index contributed by atoms with van der Waals surface area (Å²) in [6.07, 6.45) is 0. The Morgan fingerprint density at radius 3 is 2.57 bits per heavy atom. The van der Waals surface area contributed by atoms with Gasteiger partial charge in [0.15, 0.2) is 5.13 Å². The smallest absolute Gasteiger partial charge is 0.325 e. The van der Waals surface area contributed by atoms with Gasteiger partial charge in [-0.05, 0) is 49.4 Å². The van der Waals surface area contributed by atoms with Crippen LogP contribution >= 0.6 is 22.9 Å².